The molecule has 0 radical (unpaired) electrons. The minimum Gasteiger partial charge on any atom is -0.493 e. The summed E-state index contributed by atoms with van der Waals surface area (Å²) < 4.78 is 48.2. The van der Waals surface area contributed by atoms with E-state index >= 15 is 0 Å². The van der Waals surface area contributed by atoms with Crippen molar-refractivity contribution in [2.24, 2.45) is 0 Å². The van der Waals surface area contributed by atoms with Crippen LogP contribution in [0.1, 0.15) is 51.6 Å². The second-order valence-electron chi connectivity index (χ2n) is 7.78. The van der Waals surface area contributed by atoms with Crippen molar-refractivity contribution in [1.29, 1.82) is 0 Å². The fourth-order valence-corrected chi connectivity index (χ4v) is 3.60. The highest BCUT2D eigenvalue weighted by Gasteiger charge is 2.53. The van der Waals surface area contributed by atoms with Crippen molar-refractivity contribution in [3.8, 4) is 5.75 Å². The van der Waals surface area contributed by atoms with E-state index in [2.05, 4.69) is 5.43 Å². The van der Waals surface area contributed by atoms with Gasteiger partial charge in [0.05, 0.1) is 6.61 Å². The van der Waals surface area contributed by atoms with E-state index in [-0.39, 0.29) is 12.0 Å². The van der Waals surface area contributed by atoms with Crippen molar-refractivity contribution < 1.29 is 22.7 Å². The first kappa shape index (κ1) is 20.5. The van der Waals surface area contributed by atoms with Gasteiger partial charge in [0.1, 0.15) is 5.75 Å². The summed E-state index contributed by atoms with van der Waals surface area (Å²) in [7, 11) is 0. The molecule has 28 heavy (non-hydrogen) atoms. The van der Waals surface area contributed by atoms with Crippen molar-refractivity contribution in [1.82, 2.24) is 10.4 Å². The first-order valence-electron chi connectivity index (χ1n) is 9.44. The number of unbranched alkanes of at least 4 members (excludes halogenated alkanes) is 1. The Bertz CT molecular complexity index is 864. The SMILES string of the molecule is CCCCOc1cc([C@H](N2NC(=O)CC2(C)C)C(F)(F)F)cc2ccccc12. The second-order valence-corrected chi connectivity index (χ2v) is 7.78. The number of benzene rings is 2. The third-order valence-corrected chi connectivity index (χ3v) is 4.98. The molecule has 1 amide bonds. The van der Waals surface area contributed by atoms with Crippen LogP contribution in [0.2, 0.25) is 0 Å². The summed E-state index contributed by atoms with van der Waals surface area (Å²) in [6.45, 7) is 5.72. The third kappa shape index (κ3) is 4.09. The number of hydrogen-bond acceptors (Lipinski definition) is 3. The summed E-state index contributed by atoms with van der Waals surface area (Å²) in [6, 6.07) is 8.24. The number of carbonyl (C=O) groups is 1. The molecule has 0 bridgehead atoms. The Labute approximate surface area is 162 Å². The van der Waals surface area contributed by atoms with E-state index < -0.39 is 23.7 Å². The number of fused-ring (bicyclic) bond motifs is 1. The van der Waals surface area contributed by atoms with Gasteiger partial charge in [-0.05, 0) is 43.4 Å². The molecule has 1 atom stereocenters. The number of nitrogens with zero attached hydrogens (tertiary/aromatic N) is 1. The predicted molar refractivity (Wildman–Crippen MR) is 102 cm³/mol. The van der Waals surface area contributed by atoms with Crippen molar-refractivity contribution in [3.05, 3.63) is 42.0 Å². The van der Waals surface area contributed by atoms with Gasteiger partial charge in [-0.3, -0.25) is 10.2 Å². The van der Waals surface area contributed by atoms with Crippen LogP contribution in [0, 0.1) is 0 Å². The van der Waals surface area contributed by atoms with Crippen LogP contribution in [-0.2, 0) is 4.79 Å². The largest absolute Gasteiger partial charge is 0.493 e. The minimum atomic E-state index is -4.57. The minimum absolute atomic E-state index is 0.00696. The highest BCUT2D eigenvalue weighted by atomic mass is 19.4. The van der Waals surface area contributed by atoms with E-state index in [0.29, 0.717) is 17.7 Å². The second kappa shape index (κ2) is 7.62. The van der Waals surface area contributed by atoms with Gasteiger partial charge >= 0.3 is 6.18 Å². The number of halogens is 3. The maximum Gasteiger partial charge on any atom is 0.409 e. The molecular weight excluding hydrogens is 369 g/mol. The fraction of sp³-hybridized carbons (Fsp3) is 0.476. The van der Waals surface area contributed by atoms with Crippen LogP contribution in [0.5, 0.6) is 5.75 Å². The molecule has 4 nitrogen and oxygen atoms in total. The van der Waals surface area contributed by atoms with Gasteiger partial charge in [-0.1, -0.05) is 37.6 Å². The molecule has 0 aliphatic carbocycles. The lowest BCUT2D eigenvalue weighted by Crippen LogP contribution is -2.51. The lowest BCUT2D eigenvalue weighted by molar-refractivity contribution is -0.203. The lowest BCUT2D eigenvalue weighted by Gasteiger charge is -2.38. The summed E-state index contributed by atoms with van der Waals surface area (Å²) in [5, 5.41) is 2.46. The van der Waals surface area contributed by atoms with Gasteiger partial charge in [0, 0.05) is 17.3 Å². The molecule has 1 heterocycles. The smallest absolute Gasteiger partial charge is 0.409 e. The summed E-state index contributed by atoms with van der Waals surface area (Å²) in [5.41, 5.74) is 1.49. The monoisotopic (exact) mass is 394 g/mol. The van der Waals surface area contributed by atoms with E-state index in [1.165, 1.54) is 12.1 Å². The number of alkyl halides is 3. The first-order valence-corrected chi connectivity index (χ1v) is 9.44. The molecule has 3 rings (SSSR count). The van der Waals surface area contributed by atoms with Crippen molar-refractivity contribution in [2.45, 2.75) is 57.8 Å². The fourth-order valence-electron chi connectivity index (χ4n) is 3.60. The molecule has 2 aromatic carbocycles. The zero-order valence-corrected chi connectivity index (χ0v) is 16.3. The standard InChI is InChI=1S/C21H25F3N2O2/c1-4-5-10-28-17-12-15(11-14-8-6-7-9-16(14)17)19(21(22,23)24)26-20(2,3)13-18(27)25-26/h6-9,11-12,19H,4-5,10,13H2,1-3H3,(H,25,27)/t19-/m0/s1. The molecule has 1 N–H and O–H groups in total. The van der Waals surface area contributed by atoms with E-state index in [1.807, 2.05) is 19.1 Å². The van der Waals surface area contributed by atoms with Gasteiger partial charge < -0.3 is 4.74 Å². The number of rotatable bonds is 6. The van der Waals surface area contributed by atoms with Gasteiger partial charge in [0.25, 0.3) is 0 Å². The first-order chi connectivity index (χ1) is 13.1. The highest BCUT2D eigenvalue weighted by molar-refractivity contribution is 5.89. The molecule has 1 aliphatic heterocycles. The summed E-state index contributed by atoms with van der Waals surface area (Å²) in [6.07, 6.45) is -2.82. The van der Waals surface area contributed by atoms with E-state index in [0.717, 1.165) is 23.2 Å². The van der Waals surface area contributed by atoms with Crippen LogP contribution < -0.4 is 10.2 Å². The molecule has 1 fully saturated rings. The van der Waals surface area contributed by atoms with E-state index in [9.17, 15) is 18.0 Å². The van der Waals surface area contributed by atoms with Crippen LogP contribution in [0.15, 0.2) is 36.4 Å². The van der Waals surface area contributed by atoms with Gasteiger partial charge in [0.2, 0.25) is 5.91 Å². The maximum atomic E-state index is 14.1. The average Bonchev–Trinajstić information content (AvgIpc) is 2.86. The molecule has 7 heteroatoms. The van der Waals surface area contributed by atoms with Crippen LogP contribution in [0.3, 0.4) is 0 Å². The number of hydrogen-bond donors (Lipinski definition) is 1. The topological polar surface area (TPSA) is 41.6 Å². The van der Waals surface area contributed by atoms with Crippen molar-refractivity contribution in [2.75, 3.05) is 6.61 Å². The molecule has 0 unspecified atom stereocenters. The maximum absolute atomic E-state index is 14.1. The normalized spacial score (nSPS) is 18.3. The molecule has 0 aromatic heterocycles. The van der Waals surface area contributed by atoms with Crippen molar-refractivity contribution in [3.63, 3.8) is 0 Å². The number of nitrogens with one attached hydrogen (secondary N) is 1. The van der Waals surface area contributed by atoms with E-state index in [4.69, 9.17) is 4.74 Å². The van der Waals surface area contributed by atoms with Crippen LogP contribution in [-0.4, -0.2) is 29.2 Å². The zero-order chi connectivity index (χ0) is 20.5. The average molecular weight is 394 g/mol. The Morgan fingerprint density at radius 2 is 1.96 bits per heavy atom. The predicted octanol–water partition coefficient (Wildman–Crippen LogP) is 5.14. The summed E-state index contributed by atoms with van der Waals surface area (Å²) >= 11 is 0. The number of hydrazine groups is 1. The Kier molecular flexibility index (Phi) is 5.57. The quantitative estimate of drug-likeness (QED) is 0.690. The van der Waals surface area contributed by atoms with Gasteiger partial charge in [-0.25, -0.2) is 0 Å². The molecule has 1 aliphatic rings. The van der Waals surface area contributed by atoms with Crippen LogP contribution in [0.25, 0.3) is 10.8 Å². The molecule has 2 aromatic rings. The number of carbonyl (C=O) groups excluding carboxylic acids is 1. The summed E-state index contributed by atoms with van der Waals surface area (Å²) in [5.74, 6) is 0.0126. The van der Waals surface area contributed by atoms with E-state index in [1.54, 1.807) is 26.0 Å². The molecule has 0 saturated carbocycles. The third-order valence-electron chi connectivity index (χ3n) is 4.98. The molecular formula is C21H25F3N2O2. The Morgan fingerprint density at radius 3 is 2.57 bits per heavy atom. The van der Waals surface area contributed by atoms with Gasteiger partial charge in [-0.15, -0.1) is 0 Å². The molecule has 1 saturated heterocycles. The summed E-state index contributed by atoms with van der Waals surface area (Å²) in [4.78, 5) is 11.8. The van der Waals surface area contributed by atoms with Crippen LogP contribution in [0.4, 0.5) is 13.2 Å². The molecule has 152 valence electrons. The van der Waals surface area contributed by atoms with Crippen molar-refractivity contribution >= 4 is 16.7 Å². The lowest BCUT2D eigenvalue weighted by atomic mass is 9.95. The molecule has 0 spiro atoms. The van der Waals surface area contributed by atoms with Gasteiger partial charge in [-0.2, -0.15) is 18.2 Å². The van der Waals surface area contributed by atoms with Crippen LogP contribution >= 0.6 is 0 Å². The number of ether oxygens (including phenoxy) is 1. The van der Waals surface area contributed by atoms with Gasteiger partial charge in [0.15, 0.2) is 6.04 Å². The highest BCUT2D eigenvalue weighted by Crippen LogP contribution is 2.44. The zero-order valence-electron chi connectivity index (χ0n) is 16.3. The Morgan fingerprint density at radius 1 is 1.25 bits per heavy atom. The Balaban J connectivity index is 2.11. The number of amides is 1. The Hall–Kier alpha value is -2.28.